The highest BCUT2D eigenvalue weighted by Gasteiger charge is 2.40. The third kappa shape index (κ3) is 4.51. The van der Waals surface area contributed by atoms with Gasteiger partial charge in [-0.1, -0.05) is 44.3 Å². The molecule has 2 heterocycles. The van der Waals surface area contributed by atoms with Crippen LogP contribution in [0.1, 0.15) is 51.4 Å². The average molecular weight is 378 g/mol. The van der Waals surface area contributed by atoms with E-state index >= 15 is 0 Å². The Labute approximate surface area is 159 Å². The van der Waals surface area contributed by atoms with Crippen LogP contribution in [-0.2, 0) is 14.3 Å². The molecule has 0 aromatic rings. The smallest absolute Gasteiger partial charge is 0.326 e. The number of nitrogens with one attached hydrogen (secondary N) is 1. The third-order valence-electron chi connectivity index (χ3n) is 5.34. The van der Waals surface area contributed by atoms with Crippen molar-refractivity contribution in [3.05, 3.63) is 23.9 Å². The monoisotopic (exact) mass is 378 g/mol. The van der Waals surface area contributed by atoms with Crippen LogP contribution in [0, 0.1) is 5.92 Å². The molecule has 1 saturated carbocycles. The summed E-state index contributed by atoms with van der Waals surface area (Å²) in [6.45, 7) is 0.766. The third-order valence-corrected chi connectivity index (χ3v) is 5.64. The summed E-state index contributed by atoms with van der Waals surface area (Å²) in [6, 6.07) is -0.904. The molecule has 0 bridgehead atoms. The number of carboxylic acid groups (broad SMARTS) is 1. The lowest BCUT2D eigenvalue weighted by Crippen LogP contribution is -2.46. The number of carbonyl (C=O) groups is 2. The lowest BCUT2D eigenvalue weighted by molar-refractivity contribution is -0.146. The van der Waals surface area contributed by atoms with Crippen molar-refractivity contribution in [3.8, 4) is 0 Å². The minimum Gasteiger partial charge on any atom is -0.480 e. The second-order valence-electron chi connectivity index (χ2n) is 7.22. The molecule has 3 fully saturated rings. The molecule has 3 aliphatic rings. The second-order valence-corrected chi connectivity index (χ2v) is 7.60. The van der Waals surface area contributed by atoms with E-state index in [-0.39, 0.29) is 17.1 Å². The van der Waals surface area contributed by atoms with Gasteiger partial charge in [0.1, 0.15) is 11.7 Å². The van der Waals surface area contributed by atoms with Crippen LogP contribution < -0.4 is 5.32 Å². The van der Waals surface area contributed by atoms with E-state index in [1.807, 2.05) is 6.08 Å². The maximum Gasteiger partial charge on any atom is 0.326 e. The maximum absolute atomic E-state index is 12.7. The number of aliphatic carboxylic acids is 1. The van der Waals surface area contributed by atoms with Crippen molar-refractivity contribution in [1.29, 1.82) is 0 Å². The molecule has 142 valence electrons. The summed E-state index contributed by atoms with van der Waals surface area (Å²) in [5.41, 5.74) is 0.319. The van der Waals surface area contributed by atoms with Crippen molar-refractivity contribution in [3.63, 3.8) is 0 Å². The summed E-state index contributed by atoms with van der Waals surface area (Å²) >= 11 is 5.26. The topological polar surface area (TPSA) is 78.9 Å². The molecule has 1 amide bonds. The van der Waals surface area contributed by atoms with Crippen LogP contribution in [0.2, 0.25) is 0 Å². The van der Waals surface area contributed by atoms with Gasteiger partial charge in [0.05, 0.1) is 6.10 Å². The molecule has 0 aromatic heterocycles. The normalized spacial score (nSPS) is 27.5. The Balaban J connectivity index is 1.67. The average Bonchev–Trinajstić information content (AvgIpc) is 3.23. The highest BCUT2D eigenvalue weighted by molar-refractivity contribution is 7.80. The first kappa shape index (κ1) is 19.0. The van der Waals surface area contributed by atoms with E-state index in [2.05, 4.69) is 5.32 Å². The predicted octanol–water partition coefficient (Wildman–Crippen LogP) is 2.75. The van der Waals surface area contributed by atoms with Crippen LogP contribution in [-0.4, -0.2) is 45.7 Å². The van der Waals surface area contributed by atoms with Crippen molar-refractivity contribution in [2.45, 2.75) is 63.5 Å². The van der Waals surface area contributed by atoms with Crippen LogP contribution in [0.5, 0.6) is 0 Å². The van der Waals surface area contributed by atoms with E-state index in [1.54, 1.807) is 12.2 Å². The van der Waals surface area contributed by atoms with E-state index in [9.17, 15) is 14.7 Å². The molecular weight excluding hydrogens is 352 g/mol. The van der Waals surface area contributed by atoms with Crippen LogP contribution in [0.4, 0.5) is 0 Å². The SMILES string of the molecule is O=C(O)C(CC1CCCCC1)N1C(=O)/C(=C/C=C/C2CCCO2)NC1=S. The molecule has 2 saturated heterocycles. The Kier molecular flexibility index (Phi) is 6.43. The fourth-order valence-electron chi connectivity index (χ4n) is 3.93. The van der Waals surface area contributed by atoms with E-state index < -0.39 is 12.0 Å². The van der Waals surface area contributed by atoms with E-state index in [4.69, 9.17) is 17.0 Å². The molecule has 0 aromatic carbocycles. The summed E-state index contributed by atoms with van der Waals surface area (Å²) in [7, 11) is 0. The number of rotatable bonds is 6. The Morgan fingerprint density at radius 2 is 2.08 bits per heavy atom. The number of allylic oxidation sites excluding steroid dienone is 2. The summed E-state index contributed by atoms with van der Waals surface area (Å²) < 4.78 is 5.51. The molecule has 2 atom stereocenters. The summed E-state index contributed by atoms with van der Waals surface area (Å²) in [5.74, 6) is -1.02. The standard InChI is InChI=1S/C19H26N2O4S/c22-17-15(10-4-8-14-9-5-11-25-14)20-19(26)21(17)16(18(23)24)12-13-6-2-1-3-7-13/h4,8,10,13-14,16H,1-3,5-7,9,11-12H2,(H,20,26)(H,23,24)/b8-4+,15-10-. The molecule has 0 radical (unpaired) electrons. The van der Waals surface area contributed by atoms with Gasteiger partial charge in [0.15, 0.2) is 5.11 Å². The van der Waals surface area contributed by atoms with Crippen LogP contribution in [0.3, 0.4) is 0 Å². The highest BCUT2D eigenvalue weighted by Crippen LogP contribution is 2.30. The second kappa shape index (κ2) is 8.77. The molecule has 6 nitrogen and oxygen atoms in total. The van der Waals surface area contributed by atoms with Crippen molar-refractivity contribution in [2.24, 2.45) is 5.92 Å². The fourth-order valence-corrected chi connectivity index (χ4v) is 4.25. The van der Waals surface area contributed by atoms with Gasteiger partial charge < -0.3 is 15.2 Å². The molecule has 1 aliphatic carbocycles. The van der Waals surface area contributed by atoms with Crippen molar-refractivity contribution in [2.75, 3.05) is 6.61 Å². The summed E-state index contributed by atoms with van der Waals surface area (Å²) in [4.78, 5) is 25.8. The first-order chi connectivity index (χ1) is 12.6. The predicted molar refractivity (Wildman–Crippen MR) is 101 cm³/mol. The molecule has 26 heavy (non-hydrogen) atoms. The zero-order valence-corrected chi connectivity index (χ0v) is 15.7. The first-order valence-corrected chi connectivity index (χ1v) is 9.84. The molecule has 2 aliphatic heterocycles. The number of carboxylic acids is 1. The molecule has 0 spiro atoms. The van der Waals surface area contributed by atoms with Crippen molar-refractivity contribution >= 4 is 29.2 Å². The number of amides is 1. The van der Waals surface area contributed by atoms with Gasteiger partial charge in [0, 0.05) is 6.61 Å². The Hall–Kier alpha value is -1.73. The maximum atomic E-state index is 12.7. The number of ether oxygens (including phenoxy) is 1. The molecule has 2 unspecified atom stereocenters. The Morgan fingerprint density at radius 1 is 1.31 bits per heavy atom. The number of hydrogen-bond donors (Lipinski definition) is 2. The van der Waals surface area contributed by atoms with Gasteiger partial charge in [-0.3, -0.25) is 9.69 Å². The highest BCUT2D eigenvalue weighted by atomic mass is 32.1. The minimum atomic E-state index is -0.996. The Bertz CT molecular complexity index is 619. The van der Waals surface area contributed by atoms with Gasteiger partial charge in [0.2, 0.25) is 0 Å². The molecule has 7 heteroatoms. The number of hydrogen-bond acceptors (Lipinski definition) is 4. The van der Waals surface area contributed by atoms with Gasteiger partial charge in [-0.05, 0) is 43.5 Å². The molecule has 2 N–H and O–H groups in total. The lowest BCUT2D eigenvalue weighted by Gasteiger charge is -2.28. The Morgan fingerprint density at radius 3 is 2.73 bits per heavy atom. The quantitative estimate of drug-likeness (QED) is 0.547. The van der Waals surface area contributed by atoms with E-state index in [1.165, 1.54) is 11.3 Å². The largest absolute Gasteiger partial charge is 0.480 e. The van der Waals surface area contributed by atoms with E-state index in [0.717, 1.165) is 45.1 Å². The van der Waals surface area contributed by atoms with Crippen LogP contribution >= 0.6 is 12.2 Å². The lowest BCUT2D eigenvalue weighted by atomic mass is 9.84. The van der Waals surface area contributed by atoms with Crippen LogP contribution in [0.25, 0.3) is 0 Å². The molecule has 3 rings (SSSR count). The van der Waals surface area contributed by atoms with Gasteiger partial charge >= 0.3 is 5.97 Å². The van der Waals surface area contributed by atoms with Gasteiger partial charge in [0.25, 0.3) is 5.91 Å². The molecular formula is C19H26N2O4S. The minimum absolute atomic E-state index is 0.0875. The number of thiocarbonyl (C=S) groups is 1. The van der Waals surface area contributed by atoms with Crippen LogP contribution in [0.15, 0.2) is 23.9 Å². The summed E-state index contributed by atoms with van der Waals surface area (Å²) in [6.07, 6.45) is 13.4. The van der Waals surface area contributed by atoms with Gasteiger partial charge in [-0.2, -0.15) is 0 Å². The zero-order valence-electron chi connectivity index (χ0n) is 14.9. The summed E-state index contributed by atoms with van der Waals surface area (Å²) in [5, 5.41) is 12.7. The van der Waals surface area contributed by atoms with Crippen molar-refractivity contribution < 1.29 is 19.4 Å². The van der Waals surface area contributed by atoms with Crippen molar-refractivity contribution in [1.82, 2.24) is 10.2 Å². The number of nitrogens with zero attached hydrogens (tertiary/aromatic N) is 1. The first-order valence-electron chi connectivity index (χ1n) is 9.43. The van der Waals surface area contributed by atoms with Gasteiger partial charge in [-0.15, -0.1) is 0 Å². The fraction of sp³-hybridized carbons (Fsp3) is 0.632. The number of carbonyl (C=O) groups excluding carboxylic acids is 1. The van der Waals surface area contributed by atoms with Gasteiger partial charge in [-0.25, -0.2) is 4.79 Å². The van der Waals surface area contributed by atoms with E-state index in [0.29, 0.717) is 18.0 Å². The zero-order chi connectivity index (χ0) is 18.5.